The molecule has 0 aromatic heterocycles. The zero-order valence-electron chi connectivity index (χ0n) is 20.6. The topological polar surface area (TPSA) is 92.3 Å². The third-order valence-electron chi connectivity index (χ3n) is 7.20. The highest BCUT2D eigenvalue weighted by molar-refractivity contribution is 5.86. The lowest BCUT2D eigenvalue weighted by atomic mass is 9.83. The molecule has 0 aliphatic carbocycles. The SMILES string of the molecule is COc1cc(C2C3C(NNC3c3ccccc3O)C(=O)N2CCc2ccccc2)cc(OC)c1OC. The molecule has 8 nitrogen and oxygen atoms in total. The second-order valence-corrected chi connectivity index (χ2v) is 9.05. The summed E-state index contributed by atoms with van der Waals surface area (Å²) in [5.41, 5.74) is 9.27. The van der Waals surface area contributed by atoms with E-state index >= 15 is 0 Å². The molecule has 2 heterocycles. The average Bonchev–Trinajstić information content (AvgIpc) is 3.46. The van der Waals surface area contributed by atoms with E-state index in [1.165, 1.54) is 0 Å². The van der Waals surface area contributed by atoms with Crippen LogP contribution in [-0.4, -0.2) is 49.8 Å². The van der Waals surface area contributed by atoms with Crippen LogP contribution in [0, 0.1) is 5.92 Å². The van der Waals surface area contributed by atoms with Crippen LogP contribution in [0.1, 0.15) is 28.8 Å². The van der Waals surface area contributed by atoms with Crippen molar-refractivity contribution in [1.29, 1.82) is 0 Å². The minimum absolute atomic E-state index is 0.0140. The molecular weight excluding hydrogens is 458 g/mol. The standard InChI is InChI=1S/C28H31N3O5/c1-34-21-15-18(16-22(35-2)27(21)36-3)26-23-24(19-11-7-8-12-20(19)32)29-30-25(23)28(33)31(26)14-13-17-9-5-4-6-10-17/h4-12,15-16,23-26,29-30,32H,13-14H2,1-3H3. The Labute approximate surface area is 210 Å². The van der Waals surface area contributed by atoms with Gasteiger partial charge in [-0.2, -0.15) is 0 Å². The summed E-state index contributed by atoms with van der Waals surface area (Å²) in [4.78, 5) is 15.7. The minimum Gasteiger partial charge on any atom is -0.508 e. The van der Waals surface area contributed by atoms with E-state index in [1.54, 1.807) is 33.5 Å². The van der Waals surface area contributed by atoms with Crippen LogP contribution in [0.2, 0.25) is 0 Å². The molecular formula is C28H31N3O5. The van der Waals surface area contributed by atoms with Gasteiger partial charge in [-0.15, -0.1) is 0 Å². The third kappa shape index (κ3) is 4.12. The van der Waals surface area contributed by atoms with Gasteiger partial charge in [0.05, 0.1) is 33.4 Å². The number of phenols is 1. The number of carbonyl (C=O) groups excluding carboxylic acids is 1. The summed E-state index contributed by atoms with van der Waals surface area (Å²) in [7, 11) is 4.74. The number of hydrogen-bond donors (Lipinski definition) is 3. The van der Waals surface area contributed by atoms with E-state index < -0.39 is 6.04 Å². The Bertz CT molecular complexity index is 1210. The van der Waals surface area contributed by atoms with Crippen LogP contribution < -0.4 is 25.1 Å². The van der Waals surface area contributed by atoms with Crippen molar-refractivity contribution < 1.29 is 24.1 Å². The number of aromatic hydroxyl groups is 1. The van der Waals surface area contributed by atoms with E-state index in [0.717, 1.165) is 23.1 Å². The number of benzene rings is 3. The van der Waals surface area contributed by atoms with Crippen molar-refractivity contribution in [3.8, 4) is 23.0 Å². The van der Waals surface area contributed by atoms with Crippen LogP contribution in [0.15, 0.2) is 66.7 Å². The number of methoxy groups -OCH3 is 3. The van der Waals surface area contributed by atoms with E-state index in [9.17, 15) is 9.90 Å². The van der Waals surface area contributed by atoms with Gasteiger partial charge in [0.2, 0.25) is 11.7 Å². The molecule has 2 fully saturated rings. The predicted molar refractivity (Wildman–Crippen MR) is 135 cm³/mol. The van der Waals surface area contributed by atoms with Crippen LogP contribution in [0.3, 0.4) is 0 Å². The van der Waals surface area contributed by atoms with Gasteiger partial charge in [0, 0.05) is 18.0 Å². The molecule has 4 atom stereocenters. The van der Waals surface area contributed by atoms with Crippen LogP contribution in [0.4, 0.5) is 0 Å². The molecule has 188 valence electrons. The van der Waals surface area contributed by atoms with Crippen molar-refractivity contribution in [2.75, 3.05) is 27.9 Å². The quantitative estimate of drug-likeness (QED) is 0.447. The molecule has 3 aromatic rings. The van der Waals surface area contributed by atoms with Gasteiger partial charge in [0.15, 0.2) is 11.5 Å². The van der Waals surface area contributed by atoms with Crippen LogP contribution in [-0.2, 0) is 11.2 Å². The number of rotatable bonds is 8. The number of likely N-dealkylation sites (tertiary alicyclic amines) is 1. The summed E-state index contributed by atoms with van der Waals surface area (Å²) in [6.07, 6.45) is 0.724. The Morgan fingerprint density at radius 1 is 0.861 bits per heavy atom. The Morgan fingerprint density at radius 3 is 2.14 bits per heavy atom. The first kappa shape index (κ1) is 24.0. The average molecular weight is 490 g/mol. The third-order valence-corrected chi connectivity index (χ3v) is 7.20. The van der Waals surface area contributed by atoms with Crippen molar-refractivity contribution >= 4 is 5.91 Å². The second-order valence-electron chi connectivity index (χ2n) is 9.05. The molecule has 2 aliphatic rings. The Balaban J connectivity index is 1.59. The van der Waals surface area contributed by atoms with E-state index in [-0.39, 0.29) is 29.7 Å². The maximum absolute atomic E-state index is 13.8. The highest BCUT2D eigenvalue weighted by Crippen LogP contribution is 2.51. The van der Waals surface area contributed by atoms with Crippen LogP contribution in [0.5, 0.6) is 23.0 Å². The van der Waals surface area contributed by atoms with Gasteiger partial charge < -0.3 is 24.2 Å². The van der Waals surface area contributed by atoms with Gasteiger partial charge in [0.1, 0.15) is 11.8 Å². The molecule has 0 saturated carbocycles. The highest BCUT2D eigenvalue weighted by Gasteiger charge is 2.55. The summed E-state index contributed by atoms with van der Waals surface area (Å²) >= 11 is 0. The lowest BCUT2D eigenvalue weighted by Crippen LogP contribution is -2.42. The molecule has 3 aromatic carbocycles. The largest absolute Gasteiger partial charge is 0.508 e. The van der Waals surface area contributed by atoms with Gasteiger partial charge in [-0.25, -0.2) is 10.9 Å². The number of nitrogens with zero attached hydrogens (tertiary/aromatic N) is 1. The van der Waals surface area contributed by atoms with Crippen molar-refractivity contribution in [3.05, 3.63) is 83.4 Å². The first-order valence-electron chi connectivity index (χ1n) is 12.0. The molecule has 3 N–H and O–H groups in total. The number of hydrazine groups is 1. The molecule has 0 radical (unpaired) electrons. The summed E-state index contributed by atoms with van der Waals surface area (Å²) < 4.78 is 16.8. The van der Waals surface area contributed by atoms with Gasteiger partial charge in [0.25, 0.3) is 0 Å². The first-order valence-corrected chi connectivity index (χ1v) is 12.0. The molecule has 1 amide bonds. The lowest BCUT2D eigenvalue weighted by Gasteiger charge is -2.32. The fourth-order valence-corrected chi connectivity index (χ4v) is 5.53. The fraction of sp³-hybridized carbons (Fsp3) is 0.321. The van der Waals surface area contributed by atoms with E-state index in [0.29, 0.717) is 23.8 Å². The van der Waals surface area contributed by atoms with Crippen LogP contribution >= 0.6 is 0 Å². The van der Waals surface area contributed by atoms with Crippen molar-refractivity contribution in [3.63, 3.8) is 0 Å². The molecule has 8 heteroatoms. The number of carbonyl (C=O) groups is 1. The number of fused-ring (bicyclic) bond motifs is 1. The number of phenolic OH excluding ortho intramolecular Hbond substituents is 1. The zero-order chi connectivity index (χ0) is 25.2. The van der Waals surface area contributed by atoms with Crippen molar-refractivity contribution in [1.82, 2.24) is 15.8 Å². The van der Waals surface area contributed by atoms with Gasteiger partial charge >= 0.3 is 0 Å². The zero-order valence-corrected chi connectivity index (χ0v) is 20.6. The van der Waals surface area contributed by atoms with Crippen molar-refractivity contribution in [2.45, 2.75) is 24.5 Å². The number of ether oxygens (including phenoxy) is 3. The fourth-order valence-electron chi connectivity index (χ4n) is 5.53. The van der Waals surface area contributed by atoms with Gasteiger partial charge in [-0.3, -0.25) is 4.79 Å². The van der Waals surface area contributed by atoms with E-state index in [2.05, 4.69) is 23.0 Å². The molecule has 36 heavy (non-hydrogen) atoms. The molecule has 0 spiro atoms. The predicted octanol–water partition coefficient (Wildman–Crippen LogP) is 3.38. The molecule has 0 bridgehead atoms. The van der Waals surface area contributed by atoms with Gasteiger partial charge in [-0.05, 0) is 35.7 Å². The summed E-state index contributed by atoms with van der Waals surface area (Å²) in [6.45, 7) is 0.548. The Kier molecular flexibility index (Phi) is 6.71. The number of amides is 1. The minimum atomic E-state index is -0.450. The van der Waals surface area contributed by atoms with Crippen molar-refractivity contribution in [2.24, 2.45) is 5.92 Å². The maximum Gasteiger partial charge on any atom is 0.242 e. The van der Waals surface area contributed by atoms with E-state index in [4.69, 9.17) is 14.2 Å². The monoisotopic (exact) mass is 489 g/mol. The summed E-state index contributed by atoms with van der Waals surface area (Å²) in [5.74, 6) is 1.58. The summed E-state index contributed by atoms with van der Waals surface area (Å²) in [6, 6.07) is 20.2. The normalized spacial score (nSPS) is 23.0. The van der Waals surface area contributed by atoms with Gasteiger partial charge in [-0.1, -0.05) is 48.5 Å². The number of hydrogen-bond acceptors (Lipinski definition) is 7. The smallest absolute Gasteiger partial charge is 0.242 e. The van der Waals surface area contributed by atoms with Crippen LogP contribution in [0.25, 0.3) is 0 Å². The Morgan fingerprint density at radius 2 is 1.50 bits per heavy atom. The molecule has 5 rings (SSSR count). The maximum atomic E-state index is 13.8. The highest BCUT2D eigenvalue weighted by atomic mass is 16.5. The second kappa shape index (κ2) is 10.1. The number of nitrogens with one attached hydrogen (secondary N) is 2. The first-order chi connectivity index (χ1) is 17.6. The molecule has 2 aliphatic heterocycles. The van der Waals surface area contributed by atoms with E-state index in [1.807, 2.05) is 47.4 Å². The number of para-hydroxylation sites is 1. The Hall–Kier alpha value is -3.75. The molecule has 2 saturated heterocycles. The molecule has 4 unspecified atom stereocenters. The summed E-state index contributed by atoms with van der Waals surface area (Å²) in [5, 5.41) is 10.6. The lowest BCUT2D eigenvalue weighted by molar-refractivity contribution is -0.130.